The van der Waals surface area contributed by atoms with Gasteiger partial charge in [-0.05, 0) is 63.9 Å². The normalized spacial score (nSPS) is 13.8. The molecule has 3 amide bonds. The zero-order valence-electron chi connectivity index (χ0n) is 19.4. The van der Waals surface area contributed by atoms with Gasteiger partial charge in [0.1, 0.15) is 18.1 Å². The molecule has 0 spiro atoms. The highest BCUT2D eigenvalue weighted by molar-refractivity contribution is 5.84. The lowest BCUT2D eigenvalue weighted by Crippen LogP contribution is -2.49. The summed E-state index contributed by atoms with van der Waals surface area (Å²) in [6, 6.07) is 13.8. The van der Waals surface area contributed by atoms with Crippen molar-refractivity contribution in [2.24, 2.45) is 0 Å². The smallest absolute Gasteiger partial charge is 0.317 e. The first-order chi connectivity index (χ1) is 15.5. The van der Waals surface area contributed by atoms with E-state index in [0.717, 1.165) is 37.6 Å². The fourth-order valence-corrected chi connectivity index (χ4v) is 4.01. The van der Waals surface area contributed by atoms with Crippen molar-refractivity contribution in [3.05, 3.63) is 59.5 Å². The molecule has 3 rings (SSSR count). The van der Waals surface area contributed by atoms with Crippen molar-refractivity contribution in [3.8, 4) is 0 Å². The zero-order valence-corrected chi connectivity index (χ0v) is 19.4. The van der Waals surface area contributed by atoms with Gasteiger partial charge in [-0.15, -0.1) is 0 Å². The van der Waals surface area contributed by atoms with E-state index >= 15 is 0 Å². The summed E-state index contributed by atoms with van der Waals surface area (Å²) in [5.41, 5.74) is 1.18. The van der Waals surface area contributed by atoms with Crippen LogP contribution < -0.4 is 5.32 Å². The van der Waals surface area contributed by atoms with Gasteiger partial charge in [-0.25, -0.2) is 4.79 Å². The molecule has 1 aromatic heterocycles. The number of nitrogens with one attached hydrogen (secondary N) is 1. The predicted molar refractivity (Wildman–Crippen MR) is 125 cm³/mol. The van der Waals surface area contributed by atoms with E-state index in [1.165, 1.54) is 18.4 Å². The number of urea groups is 1. The van der Waals surface area contributed by atoms with Crippen LogP contribution >= 0.6 is 0 Å². The average molecular weight is 441 g/mol. The molecule has 174 valence electrons. The lowest BCUT2D eigenvalue weighted by molar-refractivity contribution is -0.132. The molecule has 0 unspecified atom stereocenters. The minimum atomic E-state index is -0.183. The van der Waals surface area contributed by atoms with Crippen LogP contribution in [0, 0.1) is 6.92 Å². The molecule has 1 saturated heterocycles. The second-order valence-corrected chi connectivity index (χ2v) is 8.37. The Kier molecular flexibility index (Phi) is 9.16. The Morgan fingerprint density at radius 3 is 2.44 bits per heavy atom. The maximum absolute atomic E-state index is 13.3. The topological polar surface area (TPSA) is 69.0 Å². The van der Waals surface area contributed by atoms with Crippen LogP contribution in [0.15, 0.2) is 46.9 Å². The summed E-state index contributed by atoms with van der Waals surface area (Å²) in [4.78, 5) is 31.8. The number of nitrogens with zero attached hydrogens (tertiary/aromatic N) is 3. The van der Waals surface area contributed by atoms with Gasteiger partial charge in [0.2, 0.25) is 5.91 Å². The monoisotopic (exact) mass is 440 g/mol. The number of hydrogen-bond donors (Lipinski definition) is 1. The second kappa shape index (κ2) is 12.3. The zero-order chi connectivity index (χ0) is 22.8. The summed E-state index contributed by atoms with van der Waals surface area (Å²) in [6.45, 7) is 8.84. The summed E-state index contributed by atoms with van der Waals surface area (Å²) in [5.74, 6) is 1.51. The molecule has 7 heteroatoms. The summed E-state index contributed by atoms with van der Waals surface area (Å²) < 4.78 is 5.73. The number of likely N-dealkylation sites (tertiary alicyclic amines) is 1. The number of benzene rings is 1. The number of rotatable bonds is 11. The molecule has 0 radical (unpaired) electrons. The third-order valence-electron chi connectivity index (χ3n) is 5.83. The van der Waals surface area contributed by atoms with Gasteiger partial charge in [0.25, 0.3) is 0 Å². The Hall–Kier alpha value is -2.80. The Bertz CT molecular complexity index is 846. The maximum atomic E-state index is 13.3. The van der Waals surface area contributed by atoms with Crippen LogP contribution in [0.5, 0.6) is 0 Å². The minimum absolute atomic E-state index is 0.0636. The van der Waals surface area contributed by atoms with Gasteiger partial charge in [-0.2, -0.15) is 0 Å². The van der Waals surface area contributed by atoms with Gasteiger partial charge in [0.05, 0.1) is 6.54 Å². The minimum Gasteiger partial charge on any atom is -0.464 e. The molecule has 1 fully saturated rings. The fourth-order valence-electron chi connectivity index (χ4n) is 4.01. The Morgan fingerprint density at radius 1 is 1.03 bits per heavy atom. The summed E-state index contributed by atoms with van der Waals surface area (Å²) in [6.07, 6.45) is 3.16. The second-order valence-electron chi connectivity index (χ2n) is 8.37. The SMILES string of the molecule is CCNC(=O)N(CCN1CCCC1)CC(=O)N(CCc1ccccc1)Cc1ccc(C)o1. The van der Waals surface area contributed by atoms with Crippen molar-refractivity contribution in [2.75, 3.05) is 45.8 Å². The molecular weight excluding hydrogens is 404 g/mol. The van der Waals surface area contributed by atoms with E-state index in [-0.39, 0.29) is 18.5 Å². The first-order valence-electron chi connectivity index (χ1n) is 11.7. The largest absolute Gasteiger partial charge is 0.464 e. The van der Waals surface area contributed by atoms with Crippen LogP contribution in [-0.4, -0.2) is 72.5 Å². The number of aryl methyl sites for hydroxylation is 1. The van der Waals surface area contributed by atoms with Crippen molar-refractivity contribution in [1.82, 2.24) is 20.0 Å². The molecule has 2 aromatic rings. The highest BCUT2D eigenvalue weighted by Crippen LogP contribution is 2.12. The van der Waals surface area contributed by atoms with E-state index in [2.05, 4.69) is 22.3 Å². The number of amides is 3. The van der Waals surface area contributed by atoms with E-state index in [4.69, 9.17) is 4.42 Å². The Balaban J connectivity index is 1.66. The van der Waals surface area contributed by atoms with Crippen LogP contribution in [0.25, 0.3) is 0 Å². The molecule has 0 aliphatic carbocycles. The third-order valence-corrected chi connectivity index (χ3v) is 5.83. The van der Waals surface area contributed by atoms with Crippen molar-refractivity contribution in [3.63, 3.8) is 0 Å². The first kappa shape index (κ1) is 23.9. The molecule has 32 heavy (non-hydrogen) atoms. The van der Waals surface area contributed by atoms with Gasteiger partial charge in [-0.1, -0.05) is 30.3 Å². The first-order valence-corrected chi connectivity index (χ1v) is 11.7. The third kappa shape index (κ3) is 7.41. The van der Waals surface area contributed by atoms with Gasteiger partial charge in [0.15, 0.2) is 0 Å². The van der Waals surface area contributed by atoms with E-state index < -0.39 is 0 Å². The van der Waals surface area contributed by atoms with Gasteiger partial charge in [-0.3, -0.25) is 4.79 Å². The highest BCUT2D eigenvalue weighted by Gasteiger charge is 2.23. The predicted octanol–water partition coefficient (Wildman–Crippen LogP) is 3.29. The average Bonchev–Trinajstić information content (AvgIpc) is 3.46. The van der Waals surface area contributed by atoms with Crippen LogP contribution in [0.1, 0.15) is 36.8 Å². The standard InChI is InChI=1S/C25H36N4O3/c1-3-26-25(31)29(18-17-27-14-7-8-15-27)20-24(30)28(19-23-12-11-21(2)32-23)16-13-22-9-5-4-6-10-22/h4-6,9-12H,3,7-8,13-20H2,1-2H3,(H,26,31). The van der Waals surface area contributed by atoms with Crippen LogP contribution in [0.3, 0.4) is 0 Å². The molecule has 1 aromatic carbocycles. The lowest BCUT2D eigenvalue weighted by atomic mass is 10.1. The van der Waals surface area contributed by atoms with Crippen molar-refractivity contribution >= 4 is 11.9 Å². The van der Waals surface area contributed by atoms with Crippen LogP contribution in [0.4, 0.5) is 4.79 Å². The molecule has 0 atom stereocenters. The number of carbonyl (C=O) groups is 2. The summed E-state index contributed by atoms with van der Waals surface area (Å²) in [7, 11) is 0. The molecule has 1 aliphatic rings. The fraction of sp³-hybridized carbons (Fsp3) is 0.520. The van der Waals surface area contributed by atoms with E-state index in [1.807, 2.05) is 44.2 Å². The van der Waals surface area contributed by atoms with Crippen LogP contribution in [0.2, 0.25) is 0 Å². The van der Waals surface area contributed by atoms with Crippen molar-refractivity contribution in [2.45, 2.75) is 39.7 Å². The molecule has 0 bridgehead atoms. The van der Waals surface area contributed by atoms with Gasteiger partial charge in [0, 0.05) is 26.2 Å². The quantitative estimate of drug-likeness (QED) is 0.582. The van der Waals surface area contributed by atoms with Crippen molar-refractivity contribution in [1.29, 1.82) is 0 Å². The molecule has 1 aliphatic heterocycles. The molecule has 7 nitrogen and oxygen atoms in total. The summed E-state index contributed by atoms with van der Waals surface area (Å²) >= 11 is 0. The Labute approximate surface area is 191 Å². The molecular formula is C25H36N4O3. The van der Waals surface area contributed by atoms with E-state index in [0.29, 0.717) is 26.2 Å². The highest BCUT2D eigenvalue weighted by atomic mass is 16.3. The van der Waals surface area contributed by atoms with Gasteiger partial charge >= 0.3 is 6.03 Å². The maximum Gasteiger partial charge on any atom is 0.317 e. The van der Waals surface area contributed by atoms with E-state index in [1.54, 1.807) is 9.80 Å². The number of furan rings is 1. The lowest BCUT2D eigenvalue weighted by Gasteiger charge is -2.28. The van der Waals surface area contributed by atoms with Crippen molar-refractivity contribution < 1.29 is 14.0 Å². The van der Waals surface area contributed by atoms with Crippen LogP contribution in [-0.2, 0) is 17.8 Å². The number of carbonyl (C=O) groups excluding carboxylic acids is 2. The van der Waals surface area contributed by atoms with Gasteiger partial charge < -0.3 is 24.4 Å². The van der Waals surface area contributed by atoms with E-state index in [9.17, 15) is 9.59 Å². The summed E-state index contributed by atoms with van der Waals surface area (Å²) in [5, 5.41) is 2.86. The Morgan fingerprint density at radius 2 is 1.78 bits per heavy atom. The molecule has 1 N–H and O–H groups in total. The number of hydrogen-bond acceptors (Lipinski definition) is 4. The molecule has 2 heterocycles. The molecule has 0 saturated carbocycles.